The highest BCUT2D eigenvalue weighted by Crippen LogP contribution is 2.24. The summed E-state index contributed by atoms with van der Waals surface area (Å²) in [6.07, 6.45) is 0. The first-order valence-electron chi connectivity index (χ1n) is 9.89. The van der Waals surface area contributed by atoms with Crippen LogP contribution in [0, 0.1) is 11.3 Å². The Morgan fingerprint density at radius 1 is 1.09 bits per heavy atom. The van der Waals surface area contributed by atoms with Gasteiger partial charge in [-0.1, -0.05) is 6.07 Å². The maximum Gasteiger partial charge on any atom is 0.337 e. The molecule has 0 saturated carbocycles. The molecule has 33 heavy (non-hydrogen) atoms. The first kappa shape index (κ1) is 23.5. The van der Waals surface area contributed by atoms with Gasteiger partial charge in [0, 0.05) is 25.2 Å². The van der Waals surface area contributed by atoms with Crippen LogP contribution in [0.25, 0.3) is 10.9 Å². The van der Waals surface area contributed by atoms with E-state index in [-0.39, 0.29) is 35.0 Å². The molecule has 10 heteroatoms. The van der Waals surface area contributed by atoms with Gasteiger partial charge in [0.05, 0.1) is 41.6 Å². The highest BCUT2D eigenvalue weighted by Gasteiger charge is 2.18. The summed E-state index contributed by atoms with van der Waals surface area (Å²) in [4.78, 5) is 36.4. The number of fused-ring (bicyclic) bond motifs is 1. The van der Waals surface area contributed by atoms with Gasteiger partial charge in [-0.3, -0.25) is 9.59 Å². The SMILES string of the molecule is COCCOCC(=O)Nc1ccc2cc(C(=O)Nc3ccc(C#N)cc3C(=O)O)n(C)c2c1. The molecule has 0 fully saturated rings. The van der Waals surface area contributed by atoms with Crippen LogP contribution in [0.3, 0.4) is 0 Å². The highest BCUT2D eigenvalue weighted by molar-refractivity contribution is 6.09. The van der Waals surface area contributed by atoms with Crippen molar-refractivity contribution in [2.45, 2.75) is 0 Å². The number of carboxylic acid groups (broad SMARTS) is 1. The zero-order valence-electron chi connectivity index (χ0n) is 18.0. The topological polar surface area (TPSA) is 143 Å². The van der Waals surface area contributed by atoms with Gasteiger partial charge in [-0.25, -0.2) is 4.79 Å². The third-order valence-electron chi connectivity index (χ3n) is 4.85. The largest absolute Gasteiger partial charge is 0.478 e. The lowest BCUT2D eigenvalue weighted by atomic mass is 10.1. The number of anilines is 2. The van der Waals surface area contributed by atoms with E-state index >= 15 is 0 Å². The summed E-state index contributed by atoms with van der Waals surface area (Å²) in [6.45, 7) is 0.588. The van der Waals surface area contributed by atoms with Crippen LogP contribution in [0.5, 0.6) is 0 Å². The number of amides is 2. The Morgan fingerprint density at radius 2 is 1.88 bits per heavy atom. The number of ether oxygens (including phenoxy) is 2. The maximum atomic E-state index is 12.9. The van der Waals surface area contributed by atoms with Crippen molar-refractivity contribution in [1.29, 1.82) is 5.26 Å². The first-order valence-corrected chi connectivity index (χ1v) is 9.89. The van der Waals surface area contributed by atoms with E-state index in [2.05, 4.69) is 10.6 Å². The van der Waals surface area contributed by atoms with E-state index in [0.29, 0.717) is 24.4 Å². The zero-order chi connectivity index (χ0) is 24.0. The second kappa shape index (κ2) is 10.4. The lowest BCUT2D eigenvalue weighted by molar-refractivity contribution is -0.121. The molecule has 0 atom stereocenters. The number of carbonyl (C=O) groups excluding carboxylic acids is 2. The maximum absolute atomic E-state index is 12.9. The van der Waals surface area contributed by atoms with Gasteiger partial charge in [-0.05, 0) is 36.4 Å². The number of nitriles is 1. The fourth-order valence-electron chi connectivity index (χ4n) is 3.22. The van der Waals surface area contributed by atoms with Crippen molar-refractivity contribution >= 4 is 40.1 Å². The third-order valence-corrected chi connectivity index (χ3v) is 4.85. The normalized spacial score (nSPS) is 10.6. The van der Waals surface area contributed by atoms with E-state index in [1.54, 1.807) is 43.0 Å². The molecule has 2 aromatic carbocycles. The summed E-state index contributed by atoms with van der Waals surface area (Å²) in [6, 6.07) is 12.7. The van der Waals surface area contributed by atoms with Crippen LogP contribution in [0.2, 0.25) is 0 Å². The van der Waals surface area contributed by atoms with Crippen LogP contribution in [0.1, 0.15) is 26.4 Å². The standard InChI is InChI=1S/C23H22N4O6/c1-27-19-11-16(25-21(28)13-33-8-7-32-2)5-4-15(19)10-20(27)22(29)26-18-6-3-14(12-24)9-17(18)23(30)31/h3-6,9-11H,7-8,13H2,1-2H3,(H,25,28)(H,26,29)(H,30,31). The number of aromatic carboxylic acids is 1. The Bertz CT molecular complexity index is 1260. The molecule has 3 aromatic rings. The number of aromatic nitrogens is 1. The smallest absolute Gasteiger partial charge is 0.337 e. The van der Waals surface area contributed by atoms with Crippen LogP contribution in [-0.4, -0.2) is 54.4 Å². The second-order valence-electron chi connectivity index (χ2n) is 7.09. The predicted molar refractivity (Wildman–Crippen MR) is 120 cm³/mol. The Hall–Kier alpha value is -4.20. The first-order chi connectivity index (χ1) is 15.8. The molecular weight excluding hydrogens is 428 g/mol. The van der Waals surface area contributed by atoms with E-state index in [4.69, 9.17) is 14.7 Å². The molecule has 0 bridgehead atoms. The lowest BCUT2D eigenvalue weighted by Crippen LogP contribution is -2.19. The number of hydrogen-bond acceptors (Lipinski definition) is 6. The molecule has 0 radical (unpaired) electrons. The minimum Gasteiger partial charge on any atom is -0.478 e. The number of carboxylic acids is 1. The quantitative estimate of drug-likeness (QED) is 0.425. The van der Waals surface area contributed by atoms with E-state index in [1.807, 2.05) is 6.07 Å². The molecule has 0 spiro atoms. The average molecular weight is 450 g/mol. The van der Waals surface area contributed by atoms with Crippen molar-refractivity contribution in [2.75, 3.05) is 37.6 Å². The van der Waals surface area contributed by atoms with Gasteiger partial charge >= 0.3 is 5.97 Å². The molecule has 3 N–H and O–H groups in total. The Kier molecular flexibility index (Phi) is 7.40. The molecule has 3 rings (SSSR count). The van der Waals surface area contributed by atoms with Crippen LogP contribution in [0.4, 0.5) is 11.4 Å². The third kappa shape index (κ3) is 5.54. The van der Waals surface area contributed by atoms with Crippen LogP contribution >= 0.6 is 0 Å². The summed E-state index contributed by atoms with van der Waals surface area (Å²) in [5.41, 5.74) is 1.59. The molecule has 0 aliphatic heterocycles. The summed E-state index contributed by atoms with van der Waals surface area (Å²) in [5, 5.41) is 24.5. The van der Waals surface area contributed by atoms with Gasteiger partial charge in [0.1, 0.15) is 12.3 Å². The molecule has 1 heterocycles. The van der Waals surface area contributed by atoms with Gasteiger partial charge in [-0.2, -0.15) is 5.26 Å². The number of carbonyl (C=O) groups is 3. The molecule has 0 aliphatic carbocycles. The minimum absolute atomic E-state index is 0.0816. The van der Waals surface area contributed by atoms with Crippen LogP contribution in [-0.2, 0) is 21.3 Å². The Labute approximate surface area is 189 Å². The number of hydrogen-bond donors (Lipinski definition) is 3. The summed E-state index contributed by atoms with van der Waals surface area (Å²) >= 11 is 0. The number of rotatable bonds is 9. The van der Waals surface area contributed by atoms with Gasteiger partial charge in [-0.15, -0.1) is 0 Å². The molecule has 2 amide bonds. The summed E-state index contributed by atoms with van der Waals surface area (Å²) < 4.78 is 11.7. The van der Waals surface area contributed by atoms with E-state index in [0.717, 1.165) is 5.39 Å². The number of methoxy groups -OCH3 is 1. The van der Waals surface area contributed by atoms with Crippen molar-refractivity contribution in [1.82, 2.24) is 4.57 Å². The molecule has 0 aliphatic rings. The van der Waals surface area contributed by atoms with Crippen LogP contribution in [0.15, 0.2) is 42.5 Å². The summed E-state index contributed by atoms with van der Waals surface area (Å²) in [7, 11) is 3.23. The number of nitrogens with zero attached hydrogens (tertiary/aromatic N) is 2. The molecule has 10 nitrogen and oxygen atoms in total. The molecule has 170 valence electrons. The van der Waals surface area contributed by atoms with Crippen molar-refractivity contribution in [3.05, 3.63) is 59.3 Å². The van der Waals surface area contributed by atoms with Gasteiger partial charge in [0.15, 0.2) is 0 Å². The monoisotopic (exact) mass is 450 g/mol. The second-order valence-corrected chi connectivity index (χ2v) is 7.09. The van der Waals surface area contributed by atoms with Crippen LogP contribution < -0.4 is 10.6 Å². The number of nitrogens with one attached hydrogen (secondary N) is 2. The predicted octanol–water partition coefficient (Wildman–Crippen LogP) is 2.60. The average Bonchev–Trinajstić information content (AvgIpc) is 3.13. The van der Waals surface area contributed by atoms with Gasteiger partial charge in [0.2, 0.25) is 5.91 Å². The zero-order valence-corrected chi connectivity index (χ0v) is 18.0. The van der Waals surface area contributed by atoms with E-state index in [9.17, 15) is 19.5 Å². The van der Waals surface area contributed by atoms with E-state index < -0.39 is 11.9 Å². The Balaban J connectivity index is 1.79. The molecule has 0 saturated heterocycles. The summed E-state index contributed by atoms with van der Waals surface area (Å²) in [5.74, 6) is -2.09. The molecule has 1 aromatic heterocycles. The minimum atomic E-state index is -1.26. The number of benzene rings is 2. The van der Waals surface area contributed by atoms with Crippen molar-refractivity contribution in [3.8, 4) is 6.07 Å². The van der Waals surface area contributed by atoms with Crippen molar-refractivity contribution in [2.24, 2.45) is 7.05 Å². The van der Waals surface area contributed by atoms with Gasteiger partial charge < -0.3 is 29.8 Å². The van der Waals surface area contributed by atoms with Gasteiger partial charge in [0.25, 0.3) is 5.91 Å². The van der Waals surface area contributed by atoms with Crippen molar-refractivity contribution < 1.29 is 29.0 Å². The van der Waals surface area contributed by atoms with E-state index in [1.165, 1.54) is 18.2 Å². The highest BCUT2D eigenvalue weighted by atomic mass is 16.5. The number of aryl methyl sites for hydroxylation is 1. The van der Waals surface area contributed by atoms with Crippen molar-refractivity contribution in [3.63, 3.8) is 0 Å². The molecular formula is C23H22N4O6. The molecule has 0 unspecified atom stereocenters. The lowest BCUT2D eigenvalue weighted by Gasteiger charge is -2.10. The Morgan fingerprint density at radius 3 is 2.58 bits per heavy atom. The fraction of sp³-hybridized carbons (Fsp3) is 0.217. The fourth-order valence-corrected chi connectivity index (χ4v) is 3.22.